The molecule has 0 radical (unpaired) electrons. The quantitative estimate of drug-likeness (QED) is 0.221. The van der Waals surface area contributed by atoms with Crippen LogP contribution in [0, 0.1) is 0 Å². The Kier molecular flexibility index (Phi) is 7.15. The van der Waals surface area contributed by atoms with Gasteiger partial charge in [0.25, 0.3) is 5.91 Å². The highest BCUT2D eigenvalue weighted by Gasteiger charge is 2.15. The molecule has 0 saturated heterocycles. The molecule has 3 aromatic carbocycles. The van der Waals surface area contributed by atoms with Crippen LogP contribution < -0.4 is 5.32 Å². The number of carbonyl (C=O) groups excluding carboxylic acids is 2. The summed E-state index contributed by atoms with van der Waals surface area (Å²) in [5.74, 6) is -0.606. The van der Waals surface area contributed by atoms with Crippen molar-refractivity contribution in [2.45, 2.75) is 19.8 Å². The van der Waals surface area contributed by atoms with Crippen molar-refractivity contribution in [2.75, 3.05) is 11.9 Å². The molecule has 0 fully saturated rings. The second-order valence-electron chi connectivity index (χ2n) is 7.60. The van der Waals surface area contributed by atoms with Crippen molar-refractivity contribution in [1.82, 2.24) is 4.98 Å². The van der Waals surface area contributed by atoms with Crippen LogP contribution in [0.15, 0.2) is 83.3 Å². The van der Waals surface area contributed by atoms with E-state index in [0.29, 0.717) is 23.4 Å². The minimum atomic E-state index is -0.361. The first-order valence-electron chi connectivity index (χ1n) is 10.8. The molecule has 0 saturated carbocycles. The van der Waals surface area contributed by atoms with Crippen molar-refractivity contribution < 1.29 is 14.3 Å². The first-order valence-corrected chi connectivity index (χ1v) is 11.6. The van der Waals surface area contributed by atoms with Crippen LogP contribution >= 0.6 is 15.9 Å². The molecular weight excluding hydrogens is 480 g/mol. The number of rotatable bonds is 7. The largest absolute Gasteiger partial charge is 0.462 e. The molecule has 0 unspecified atom stereocenters. The van der Waals surface area contributed by atoms with E-state index in [1.165, 1.54) is 0 Å². The Bertz CT molecular complexity index is 1290. The average molecular weight is 503 g/mol. The van der Waals surface area contributed by atoms with Gasteiger partial charge >= 0.3 is 5.97 Å². The van der Waals surface area contributed by atoms with Crippen molar-refractivity contribution in [3.63, 3.8) is 0 Å². The minimum Gasteiger partial charge on any atom is -0.462 e. The lowest BCUT2D eigenvalue weighted by Gasteiger charge is -2.11. The van der Waals surface area contributed by atoms with E-state index in [-0.39, 0.29) is 11.9 Å². The number of hydrogen-bond acceptors (Lipinski definition) is 4. The zero-order valence-corrected chi connectivity index (χ0v) is 19.8. The highest BCUT2D eigenvalue weighted by atomic mass is 79.9. The number of anilines is 1. The van der Waals surface area contributed by atoms with E-state index in [0.717, 1.165) is 39.5 Å². The number of nitrogens with one attached hydrogen (secondary N) is 1. The average Bonchev–Trinajstić information content (AvgIpc) is 2.84. The Hall–Kier alpha value is -3.51. The van der Waals surface area contributed by atoms with Gasteiger partial charge in [0.05, 0.1) is 28.9 Å². The lowest BCUT2D eigenvalue weighted by atomic mass is 10.0. The first kappa shape index (κ1) is 22.7. The number of unbranched alkanes of at least 4 members (excludes halogenated alkanes) is 1. The predicted molar refractivity (Wildman–Crippen MR) is 134 cm³/mol. The molecule has 0 spiro atoms. The molecule has 0 aliphatic heterocycles. The van der Waals surface area contributed by atoms with Crippen molar-refractivity contribution in [1.29, 1.82) is 0 Å². The second-order valence-corrected chi connectivity index (χ2v) is 8.52. The monoisotopic (exact) mass is 502 g/mol. The molecule has 1 amide bonds. The van der Waals surface area contributed by atoms with E-state index in [1.54, 1.807) is 30.3 Å². The minimum absolute atomic E-state index is 0.245. The molecular formula is C27H23BrN2O3. The molecule has 0 aliphatic rings. The summed E-state index contributed by atoms with van der Waals surface area (Å²) < 4.78 is 6.21. The van der Waals surface area contributed by atoms with Crippen LogP contribution in [0.3, 0.4) is 0 Å². The van der Waals surface area contributed by atoms with Gasteiger partial charge in [-0.2, -0.15) is 0 Å². The summed E-state index contributed by atoms with van der Waals surface area (Å²) in [6.07, 6.45) is 1.80. The zero-order valence-electron chi connectivity index (χ0n) is 18.2. The van der Waals surface area contributed by atoms with E-state index >= 15 is 0 Å². The van der Waals surface area contributed by atoms with Crippen molar-refractivity contribution in [3.05, 3.63) is 94.5 Å². The smallest absolute Gasteiger partial charge is 0.338 e. The van der Waals surface area contributed by atoms with Crippen LogP contribution in [0.5, 0.6) is 0 Å². The number of carbonyl (C=O) groups is 2. The number of ether oxygens (including phenoxy) is 1. The zero-order chi connectivity index (χ0) is 23.2. The number of hydrogen-bond donors (Lipinski definition) is 1. The van der Waals surface area contributed by atoms with Crippen molar-refractivity contribution in [3.8, 4) is 11.3 Å². The van der Waals surface area contributed by atoms with Crippen LogP contribution in [0.1, 0.15) is 40.5 Å². The van der Waals surface area contributed by atoms with Crippen LogP contribution in [0.25, 0.3) is 22.2 Å². The fraction of sp³-hybridized carbons (Fsp3) is 0.148. The highest BCUT2D eigenvalue weighted by Crippen LogP contribution is 2.27. The van der Waals surface area contributed by atoms with Crippen molar-refractivity contribution in [2.24, 2.45) is 0 Å². The van der Waals surface area contributed by atoms with Gasteiger partial charge in [-0.05, 0) is 55.0 Å². The van der Waals surface area contributed by atoms with E-state index in [2.05, 4.69) is 21.2 Å². The second kappa shape index (κ2) is 10.4. The summed E-state index contributed by atoms with van der Waals surface area (Å²) in [6, 6.07) is 23.9. The number of fused-ring (bicyclic) bond motifs is 1. The van der Waals surface area contributed by atoms with Gasteiger partial charge in [0.1, 0.15) is 0 Å². The van der Waals surface area contributed by atoms with Crippen LogP contribution in [-0.4, -0.2) is 23.5 Å². The number of para-hydroxylation sites is 1. The lowest BCUT2D eigenvalue weighted by Crippen LogP contribution is -2.13. The fourth-order valence-corrected chi connectivity index (χ4v) is 3.68. The molecule has 0 bridgehead atoms. The highest BCUT2D eigenvalue weighted by molar-refractivity contribution is 9.10. The summed E-state index contributed by atoms with van der Waals surface area (Å²) >= 11 is 3.45. The summed E-state index contributed by atoms with van der Waals surface area (Å²) in [5.41, 5.74) is 3.96. The number of benzene rings is 3. The Balaban J connectivity index is 1.59. The number of aromatic nitrogens is 1. The molecule has 4 aromatic rings. The van der Waals surface area contributed by atoms with Gasteiger partial charge in [0, 0.05) is 21.1 Å². The van der Waals surface area contributed by atoms with E-state index in [4.69, 9.17) is 9.72 Å². The topological polar surface area (TPSA) is 68.3 Å². The fourth-order valence-electron chi connectivity index (χ4n) is 3.41. The summed E-state index contributed by atoms with van der Waals surface area (Å²) in [7, 11) is 0. The maximum absolute atomic E-state index is 13.2. The number of halogens is 1. The van der Waals surface area contributed by atoms with Crippen LogP contribution in [0.2, 0.25) is 0 Å². The third-order valence-corrected chi connectivity index (χ3v) is 5.74. The molecule has 1 aromatic heterocycles. The predicted octanol–water partition coefficient (Wildman–Crippen LogP) is 6.87. The molecule has 1 N–H and O–H groups in total. The molecule has 0 aliphatic carbocycles. The standard InChI is InChI=1S/C27H23BrN2O3/c1-2-3-16-33-27(32)19-10-14-21(15-11-19)29-26(31)23-17-25(18-8-12-20(28)13-9-18)30-24-7-5-4-6-22(23)24/h4-15,17H,2-3,16H2,1H3,(H,29,31). The summed E-state index contributed by atoms with van der Waals surface area (Å²) in [6.45, 7) is 2.45. The first-order chi connectivity index (χ1) is 16.0. The van der Waals surface area contributed by atoms with E-state index in [1.807, 2.05) is 55.5 Å². The Morgan fingerprint density at radius 3 is 2.42 bits per heavy atom. The Morgan fingerprint density at radius 2 is 1.70 bits per heavy atom. The summed E-state index contributed by atoms with van der Waals surface area (Å²) in [5, 5.41) is 3.70. The molecule has 6 heteroatoms. The number of esters is 1. The number of amides is 1. The van der Waals surface area contributed by atoms with Gasteiger partial charge in [-0.3, -0.25) is 4.79 Å². The Morgan fingerprint density at radius 1 is 0.970 bits per heavy atom. The maximum Gasteiger partial charge on any atom is 0.338 e. The lowest BCUT2D eigenvalue weighted by molar-refractivity contribution is 0.0499. The molecule has 166 valence electrons. The van der Waals surface area contributed by atoms with Crippen LogP contribution in [-0.2, 0) is 4.74 Å². The third kappa shape index (κ3) is 5.46. The van der Waals surface area contributed by atoms with Gasteiger partial charge in [-0.1, -0.05) is 59.6 Å². The molecule has 4 rings (SSSR count). The normalized spacial score (nSPS) is 10.7. The summed E-state index contributed by atoms with van der Waals surface area (Å²) in [4.78, 5) is 30.1. The SMILES string of the molecule is CCCCOC(=O)c1ccc(NC(=O)c2cc(-c3ccc(Br)cc3)nc3ccccc23)cc1. The Labute approximate surface area is 200 Å². The van der Waals surface area contributed by atoms with Gasteiger partial charge in [-0.15, -0.1) is 0 Å². The third-order valence-electron chi connectivity index (χ3n) is 5.21. The molecule has 33 heavy (non-hydrogen) atoms. The number of nitrogens with zero attached hydrogens (tertiary/aromatic N) is 1. The molecule has 1 heterocycles. The number of pyridine rings is 1. The van der Waals surface area contributed by atoms with E-state index < -0.39 is 0 Å². The van der Waals surface area contributed by atoms with Crippen molar-refractivity contribution >= 4 is 44.4 Å². The maximum atomic E-state index is 13.2. The molecule has 0 atom stereocenters. The van der Waals surface area contributed by atoms with Gasteiger partial charge < -0.3 is 10.1 Å². The van der Waals surface area contributed by atoms with Gasteiger partial charge in [-0.25, -0.2) is 9.78 Å². The molecule has 5 nitrogen and oxygen atoms in total. The van der Waals surface area contributed by atoms with E-state index in [9.17, 15) is 9.59 Å². The van der Waals surface area contributed by atoms with Gasteiger partial charge in [0.15, 0.2) is 0 Å². The van der Waals surface area contributed by atoms with Gasteiger partial charge in [0.2, 0.25) is 0 Å². The van der Waals surface area contributed by atoms with Crippen LogP contribution in [0.4, 0.5) is 5.69 Å².